The van der Waals surface area contributed by atoms with E-state index in [1.54, 1.807) is 19.3 Å². The van der Waals surface area contributed by atoms with Crippen LogP contribution in [0.1, 0.15) is 24.2 Å². The molecule has 1 amide bonds. The summed E-state index contributed by atoms with van der Waals surface area (Å²) in [6.45, 7) is 1.73. The van der Waals surface area contributed by atoms with E-state index in [2.05, 4.69) is 15.3 Å². The summed E-state index contributed by atoms with van der Waals surface area (Å²) in [5, 5.41) is 5.69. The molecule has 0 fully saturated rings. The lowest BCUT2D eigenvalue weighted by molar-refractivity contribution is -0.121. The van der Waals surface area contributed by atoms with Crippen LogP contribution in [0.5, 0.6) is 0 Å². The van der Waals surface area contributed by atoms with Crippen LogP contribution >= 0.6 is 34.5 Å². The van der Waals surface area contributed by atoms with Crippen LogP contribution in [0, 0.1) is 5.82 Å². The van der Waals surface area contributed by atoms with Crippen LogP contribution in [0.2, 0.25) is 10.0 Å². The standard InChI is InChI=1S/C18H14Cl2FN3OS/c1-10(13-6-16(21)15(20)7-14(13)19)23-17(25)5-12-9-26-18(24-12)11-3-2-4-22-8-11/h2-4,6-10H,5H2,1H3,(H,23,25). The van der Waals surface area contributed by atoms with E-state index in [0.29, 0.717) is 16.3 Å². The van der Waals surface area contributed by atoms with Crippen molar-refractivity contribution in [3.8, 4) is 10.6 Å². The molecular weight excluding hydrogens is 396 g/mol. The maximum Gasteiger partial charge on any atom is 0.226 e. The van der Waals surface area contributed by atoms with E-state index < -0.39 is 11.9 Å². The Bertz CT molecular complexity index is 933. The molecule has 0 aliphatic carbocycles. The van der Waals surface area contributed by atoms with Gasteiger partial charge in [-0.25, -0.2) is 9.37 Å². The van der Waals surface area contributed by atoms with Gasteiger partial charge < -0.3 is 5.32 Å². The van der Waals surface area contributed by atoms with E-state index in [0.717, 1.165) is 10.6 Å². The van der Waals surface area contributed by atoms with Crippen LogP contribution in [-0.2, 0) is 11.2 Å². The molecule has 2 heterocycles. The summed E-state index contributed by atoms with van der Waals surface area (Å²) < 4.78 is 13.7. The number of aromatic nitrogens is 2. The molecule has 0 saturated heterocycles. The molecule has 3 rings (SSSR count). The van der Waals surface area contributed by atoms with Gasteiger partial charge in [-0.15, -0.1) is 11.3 Å². The van der Waals surface area contributed by atoms with Crippen molar-refractivity contribution in [3.05, 3.63) is 69.2 Å². The van der Waals surface area contributed by atoms with Gasteiger partial charge in [-0.3, -0.25) is 9.78 Å². The lowest BCUT2D eigenvalue weighted by Gasteiger charge is -2.16. The fourth-order valence-corrected chi connectivity index (χ4v) is 3.77. The van der Waals surface area contributed by atoms with Crippen molar-refractivity contribution < 1.29 is 9.18 Å². The normalized spacial score (nSPS) is 12.0. The number of nitrogens with zero attached hydrogens (tertiary/aromatic N) is 2. The Labute approximate surface area is 164 Å². The number of carbonyl (C=O) groups excluding carboxylic acids is 1. The first-order valence-corrected chi connectivity index (χ1v) is 9.36. The average molecular weight is 410 g/mol. The van der Waals surface area contributed by atoms with E-state index >= 15 is 0 Å². The minimum absolute atomic E-state index is 0.0531. The molecule has 134 valence electrons. The molecule has 1 N–H and O–H groups in total. The second-order valence-corrected chi connectivity index (χ2v) is 7.31. The molecule has 0 radical (unpaired) electrons. The smallest absolute Gasteiger partial charge is 0.226 e. The SMILES string of the molecule is CC(NC(=O)Cc1csc(-c2cccnc2)n1)c1cc(F)c(Cl)cc1Cl. The van der Waals surface area contributed by atoms with Crippen molar-refractivity contribution in [2.24, 2.45) is 0 Å². The highest BCUT2D eigenvalue weighted by atomic mass is 35.5. The van der Waals surface area contributed by atoms with Gasteiger partial charge in [0.2, 0.25) is 5.91 Å². The number of halogens is 3. The van der Waals surface area contributed by atoms with Gasteiger partial charge in [0.05, 0.1) is 23.2 Å². The molecule has 1 atom stereocenters. The van der Waals surface area contributed by atoms with Crippen LogP contribution in [0.4, 0.5) is 4.39 Å². The summed E-state index contributed by atoms with van der Waals surface area (Å²) >= 11 is 13.2. The monoisotopic (exact) mass is 409 g/mol. The van der Waals surface area contributed by atoms with Crippen molar-refractivity contribution in [1.29, 1.82) is 0 Å². The highest BCUT2D eigenvalue weighted by Crippen LogP contribution is 2.29. The van der Waals surface area contributed by atoms with Gasteiger partial charge in [-0.1, -0.05) is 23.2 Å². The number of amides is 1. The van der Waals surface area contributed by atoms with Gasteiger partial charge in [0.1, 0.15) is 10.8 Å². The minimum Gasteiger partial charge on any atom is -0.349 e. The summed E-state index contributed by atoms with van der Waals surface area (Å²) in [4.78, 5) is 20.8. The van der Waals surface area contributed by atoms with E-state index in [-0.39, 0.29) is 17.4 Å². The molecule has 8 heteroatoms. The molecule has 1 aromatic carbocycles. The first-order valence-electron chi connectivity index (χ1n) is 7.72. The third-order valence-corrected chi connectivity index (χ3v) is 5.24. The Morgan fingerprint density at radius 2 is 2.15 bits per heavy atom. The zero-order valence-electron chi connectivity index (χ0n) is 13.7. The maximum absolute atomic E-state index is 13.7. The molecule has 0 bridgehead atoms. The van der Waals surface area contributed by atoms with E-state index in [1.165, 1.54) is 23.5 Å². The topological polar surface area (TPSA) is 54.9 Å². The minimum atomic E-state index is -0.576. The fourth-order valence-electron chi connectivity index (χ4n) is 2.41. The van der Waals surface area contributed by atoms with Crippen molar-refractivity contribution in [1.82, 2.24) is 15.3 Å². The number of rotatable bonds is 5. The zero-order valence-corrected chi connectivity index (χ0v) is 16.0. The van der Waals surface area contributed by atoms with Crippen LogP contribution in [0.3, 0.4) is 0 Å². The quantitative estimate of drug-likeness (QED) is 0.598. The number of pyridine rings is 1. The Morgan fingerprint density at radius 3 is 2.88 bits per heavy atom. The number of hydrogen-bond donors (Lipinski definition) is 1. The van der Waals surface area contributed by atoms with Gasteiger partial charge in [0.15, 0.2) is 0 Å². The second-order valence-electron chi connectivity index (χ2n) is 5.64. The van der Waals surface area contributed by atoms with Crippen molar-refractivity contribution >= 4 is 40.4 Å². The summed E-state index contributed by atoms with van der Waals surface area (Å²) in [7, 11) is 0. The van der Waals surface area contributed by atoms with E-state index in [4.69, 9.17) is 23.2 Å². The third-order valence-electron chi connectivity index (χ3n) is 3.69. The predicted molar refractivity (Wildman–Crippen MR) is 102 cm³/mol. The van der Waals surface area contributed by atoms with Crippen LogP contribution < -0.4 is 5.32 Å². The molecule has 0 aliphatic heterocycles. The summed E-state index contributed by atoms with van der Waals surface area (Å²) in [6, 6.07) is 5.85. The van der Waals surface area contributed by atoms with E-state index in [9.17, 15) is 9.18 Å². The van der Waals surface area contributed by atoms with Crippen molar-refractivity contribution in [2.45, 2.75) is 19.4 Å². The third kappa shape index (κ3) is 4.38. The molecule has 26 heavy (non-hydrogen) atoms. The highest BCUT2D eigenvalue weighted by molar-refractivity contribution is 7.13. The van der Waals surface area contributed by atoms with Gasteiger partial charge in [-0.2, -0.15) is 0 Å². The maximum atomic E-state index is 13.7. The predicted octanol–water partition coefficient (Wildman–Crippen LogP) is 5.07. The second kappa shape index (κ2) is 8.12. The first kappa shape index (κ1) is 18.8. The molecule has 3 aromatic rings. The number of nitrogens with one attached hydrogen (secondary N) is 1. The Morgan fingerprint density at radius 1 is 1.35 bits per heavy atom. The summed E-state index contributed by atoms with van der Waals surface area (Å²) in [5.74, 6) is -0.806. The largest absolute Gasteiger partial charge is 0.349 e. The zero-order chi connectivity index (χ0) is 18.7. The molecule has 2 aromatic heterocycles. The van der Waals surface area contributed by atoms with Gasteiger partial charge >= 0.3 is 0 Å². The first-order chi connectivity index (χ1) is 12.4. The van der Waals surface area contributed by atoms with E-state index in [1.807, 2.05) is 17.5 Å². The number of carbonyl (C=O) groups is 1. The van der Waals surface area contributed by atoms with Gasteiger partial charge in [-0.05, 0) is 36.8 Å². The average Bonchev–Trinajstić information content (AvgIpc) is 3.07. The van der Waals surface area contributed by atoms with Crippen LogP contribution in [0.15, 0.2) is 42.0 Å². The summed E-state index contributed by atoms with van der Waals surface area (Å²) in [5.41, 5.74) is 2.03. The van der Waals surface area contributed by atoms with Crippen molar-refractivity contribution in [3.63, 3.8) is 0 Å². The molecule has 0 spiro atoms. The van der Waals surface area contributed by atoms with Crippen LogP contribution in [0.25, 0.3) is 10.6 Å². The van der Waals surface area contributed by atoms with Gasteiger partial charge in [0, 0.05) is 28.4 Å². The Kier molecular flexibility index (Phi) is 5.86. The molecule has 0 aliphatic rings. The number of hydrogen-bond acceptors (Lipinski definition) is 4. The molecule has 1 unspecified atom stereocenters. The summed E-state index contributed by atoms with van der Waals surface area (Å²) in [6.07, 6.45) is 3.54. The lowest BCUT2D eigenvalue weighted by atomic mass is 10.1. The molecular formula is C18H14Cl2FN3OS. The lowest BCUT2D eigenvalue weighted by Crippen LogP contribution is -2.28. The number of thiazole rings is 1. The highest BCUT2D eigenvalue weighted by Gasteiger charge is 2.17. The Balaban J connectivity index is 1.66. The van der Waals surface area contributed by atoms with Crippen molar-refractivity contribution in [2.75, 3.05) is 0 Å². The fraction of sp³-hybridized carbons (Fsp3) is 0.167. The van der Waals surface area contributed by atoms with Gasteiger partial charge in [0.25, 0.3) is 0 Å². The molecule has 4 nitrogen and oxygen atoms in total. The molecule has 0 saturated carbocycles. The number of benzene rings is 1. The van der Waals surface area contributed by atoms with Crippen LogP contribution in [-0.4, -0.2) is 15.9 Å². The Hall–Kier alpha value is -2.02.